The Balaban J connectivity index is 1.78. The standard InChI is InChI=1S/C23H24ClN3O2/c1-25-14-12-18(13-15-25)26(2)21-20(16-8-10-17(24)11-9-16)22(28)27(23(21)29)19-6-4-3-5-7-19/h3-11,18H,12-15H2,1-2H3. The molecule has 4 rings (SSSR count). The van der Waals surface area contributed by atoms with Gasteiger partial charge in [-0.15, -0.1) is 0 Å². The van der Waals surface area contributed by atoms with Crippen molar-refractivity contribution < 1.29 is 9.59 Å². The summed E-state index contributed by atoms with van der Waals surface area (Å²) in [4.78, 5) is 32.5. The van der Waals surface area contributed by atoms with Gasteiger partial charge in [-0.3, -0.25) is 9.59 Å². The Bertz CT molecular complexity index is 948. The van der Waals surface area contributed by atoms with Crippen LogP contribution in [0, 0.1) is 0 Å². The molecule has 2 heterocycles. The van der Waals surface area contributed by atoms with E-state index < -0.39 is 0 Å². The van der Waals surface area contributed by atoms with Gasteiger partial charge in [-0.05, 0) is 62.8 Å². The van der Waals surface area contributed by atoms with Crippen LogP contribution >= 0.6 is 11.6 Å². The van der Waals surface area contributed by atoms with E-state index in [1.54, 1.807) is 36.4 Å². The quantitative estimate of drug-likeness (QED) is 0.723. The third-order valence-corrected chi connectivity index (χ3v) is 6.05. The van der Waals surface area contributed by atoms with Crippen molar-refractivity contribution >= 4 is 34.7 Å². The van der Waals surface area contributed by atoms with E-state index in [0.29, 0.717) is 27.5 Å². The topological polar surface area (TPSA) is 43.9 Å². The molecule has 6 heteroatoms. The Labute approximate surface area is 176 Å². The number of benzene rings is 2. The van der Waals surface area contributed by atoms with Gasteiger partial charge in [0, 0.05) is 18.1 Å². The lowest BCUT2D eigenvalue weighted by Crippen LogP contribution is -2.43. The zero-order chi connectivity index (χ0) is 20.5. The summed E-state index contributed by atoms with van der Waals surface area (Å²) in [6.07, 6.45) is 1.91. The fourth-order valence-corrected chi connectivity index (χ4v) is 4.22. The highest BCUT2D eigenvalue weighted by atomic mass is 35.5. The van der Waals surface area contributed by atoms with Gasteiger partial charge in [-0.1, -0.05) is 41.9 Å². The SMILES string of the molecule is CN1CCC(N(C)C2=C(c3ccc(Cl)cc3)C(=O)N(c3ccccc3)C2=O)CC1. The van der Waals surface area contributed by atoms with Gasteiger partial charge < -0.3 is 9.80 Å². The fourth-order valence-electron chi connectivity index (χ4n) is 4.10. The Morgan fingerprint density at radius 3 is 2.17 bits per heavy atom. The minimum atomic E-state index is -0.293. The largest absolute Gasteiger partial charge is 0.366 e. The molecule has 0 aromatic heterocycles. The number of hydrogen-bond acceptors (Lipinski definition) is 4. The molecule has 29 heavy (non-hydrogen) atoms. The van der Waals surface area contributed by atoms with Crippen molar-refractivity contribution in [2.75, 3.05) is 32.1 Å². The maximum Gasteiger partial charge on any atom is 0.282 e. The third kappa shape index (κ3) is 3.68. The first-order chi connectivity index (χ1) is 14.0. The number of para-hydroxylation sites is 1. The molecule has 2 aliphatic rings. The molecule has 0 atom stereocenters. The van der Waals surface area contributed by atoms with Crippen molar-refractivity contribution in [2.45, 2.75) is 18.9 Å². The summed E-state index contributed by atoms with van der Waals surface area (Å²) in [5.74, 6) is -0.564. The monoisotopic (exact) mass is 409 g/mol. The van der Waals surface area contributed by atoms with Crippen molar-refractivity contribution in [1.82, 2.24) is 9.80 Å². The number of carbonyl (C=O) groups excluding carboxylic acids is 2. The minimum Gasteiger partial charge on any atom is -0.366 e. The van der Waals surface area contributed by atoms with Crippen LogP contribution in [0.1, 0.15) is 18.4 Å². The van der Waals surface area contributed by atoms with Crippen molar-refractivity contribution in [3.05, 3.63) is 70.9 Å². The first-order valence-electron chi connectivity index (χ1n) is 9.83. The van der Waals surface area contributed by atoms with Gasteiger partial charge in [0.15, 0.2) is 0 Å². The first-order valence-corrected chi connectivity index (χ1v) is 10.2. The summed E-state index contributed by atoms with van der Waals surface area (Å²) < 4.78 is 0. The van der Waals surface area contributed by atoms with Crippen molar-refractivity contribution in [3.8, 4) is 0 Å². The normalized spacial score (nSPS) is 18.7. The number of carbonyl (C=O) groups is 2. The number of amides is 2. The van der Waals surface area contributed by atoms with E-state index >= 15 is 0 Å². The van der Waals surface area contributed by atoms with Crippen LogP contribution in [0.25, 0.3) is 5.57 Å². The predicted molar refractivity (Wildman–Crippen MR) is 116 cm³/mol. The number of anilines is 1. The number of imide groups is 1. The molecule has 2 aromatic carbocycles. The van der Waals surface area contributed by atoms with Crippen molar-refractivity contribution in [1.29, 1.82) is 0 Å². The van der Waals surface area contributed by atoms with Crippen LogP contribution in [0.4, 0.5) is 5.69 Å². The average molecular weight is 410 g/mol. The second-order valence-electron chi connectivity index (χ2n) is 7.66. The lowest BCUT2D eigenvalue weighted by molar-refractivity contribution is -0.120. The molecule has 2 aromatic rings. The molecule has 1 fully saturated rings. The molecule has 2 amide bonds. The number of nitrogens with zero attached hydrogens (tertiary/aromatic N) is 3. The van der Waals surface area contributed by atoms with E-state index in [-0.39, 0.29) is 17.9 Å². The second kappa shape index (κ2) is 8.01. The zero-order valence-corrected chi connectivity index (χ0v) is 17.4. The maximum absolute atomic E-state index is 13.5. The number of hydrogen-bond donors (Lipinski definition) is 0. The predicted octanol–water partition coefficient (Wildman–Crippen LogP) is 3.65. The van der Waals surface area contributed by atoms with Crippen LogP contribution in [-0.4, -0.2) is 54.8 Å². The highest BCUT2D eigenvalue weighted by Gasteiger charge is 2.43. The van der Waals surface area contributed by atoms with E-state index in [2.05, 4.69) is 11.9 Å². The van der Waals surface area contributed by atoms with E-state index in [4.69, 9.17) is 11.6 Å². The number of halogens is 1. The van der Waals surface area contributed by atoms with Gasteiger partial charge in [0.25, 0.3) is 11.8 Å². The highest BCUT2D eigenvalue weighted by molar-refractivity contribution is 6.45. The summed E-state index contributed by atoms with van der Waals surface area (Å²) in [7, 11) is 4.04. The van der Waals surface area contributed by atoms with Crippen LogP contribution < -0.4 is 4.90 Å². The Hall–Kier alpha value is -2.63. The molecule has 0 bridgehead atoms. The van der Waals surface area contributed by atoms with Crippen LogP contribution in [0.15, 0.2) is 60.3 Å². The molecule has 0 aliphatic carbocycles. The Morgan fingerprint density at radius 2 is 1.55 bits per heavy atom. The average Bonchev–Trinajstić information content (AvgIpc) is 2.99. The van der Waals surface area contributed by atoms with Gasteiger partial charge in [0.2, 0.25) is 0 Å². The lowest BCUT2D eigenvalue weighted by atomic mass is 10.0. The Morgan fingerprint density at radius 1 is 0.931 bits per heavy atom. The molecule has 0 radical (unpaired) electrons. The van der Waals surface area contributed by atoms with E-state index in [1.165, 1.54) is 4.90 Å². The van der Waals surface area contributed by atoms with Crippen molar-refractivity contribution in [2.24, 2.45) is 0 Å². The molecule has 0 spiro atoms. The smallest absolute Gasteiger partial charge is 0.282 e. The molecule has 0 saturated carbocycles. The van der Waals surface area contributed by atoms with Gasteiger partial charge in [-0.2, -0.15) is 0 Å². The molecule has 0 unspecified atom stereocenters. The van der Waals surface area contributed by atoms with Gasteiger partial charge >= 0.3 is 0 Å². The summed E-state index contributed by atoms with van der Waals surface area (Å²) >= 11 is 6.05. The van der Waals surface area contributed by atoms with Crippen LogP contribution in [0.3, 0.4) is 0 Å². The molecule has 0 N–H and O–H groups in total. The molecule has 2 aliphatic heterocycles. The van der Waals surface area contributed by atoms with Crippen molar-refractivity contribution in [3.63, 3.8) is 0 Å². The lowest BCUT2D eigenvalue weighted by Gasteiger charge is -2.36. The molecular formula is C23H24ClN3O2. The molecule has 150 valence electrons. The molecule has 5 nitrogen and oxygen atoms in total. The zero-order valence-electron chi connectivity index (χ0n) is 16.6. The number of likely N-dealkylation sites (N-methyl/N-ethyl adjacent to an activating group) is 1. The van der Waals surface area contributed by atoms with Gasteiger partial charge in [0.1, 0.15) is 5.70 Å². The van der Waals surface area contributed by atoms with Crippen LogP contribution in [0.5, 0.6) is 0 Å². The number of likely N-dealkylation sites (tertiary alicyclic amines) is 1. The van der Waals surface area contributed by atoms with Crippen LogP contribution in [0.2, 0.25) is 5.02 Å². The number of rotatable bonds is 4. The van der Waals surface area contributed by atoms with E-state index in [1.807, 2.05) is 30.1 Å². The maximum atomic E-state index is 13.5. The summed E-state index contributed by atoms with van der Waals surface area (Å²) in [5, 5.41) is 0.594. The molecular weight excluding hydrogens is 386 g/mol. The fraction of sp³-hybridized carbons (Fsp3) is 0.304. The number of piperidine rings is 1. The summed E-state index contributed by atoms with van der Waals surface area (Å²) in [6.45, 7) is 1.95. The second-order valence-corrected chi connectivity index (χ2v) is 8.09. The van der Waals surface area contributed by atoms with Gasteiger partial charge in [0.05, 0.1) is 11.3 Å². The first kappa shape index (κ1) is 19.7. The third-order valence-electron chi connectivity index (χ3n) is 5.80. The summed E-state index contributed by atoms with van der Waals surface area (Å²) in [6, 6.07) is 16.4. The van der Waals surface area contributed by atoms with Gasteiger partial charge in [-0.25, -0.2) is 4.90 Å². The highest BCUT2D eigenvalue weighted by Crippen LogP contribution is 2.36. The minimum absolute atomic E-state index is 0.218. The van der Waals surface area contributed by atoms with E-state index in [9.17, 15) is 9.59 Å². The Kier molecular flexibility index (Phi) is 5.43. The van der Waals surface area contributed by atoms with Crippen LogP contribution in [-0.2, 0) is 9.59 Å². The molecule has 1 saturated heterocycles. The van der Waals surface area contributed by atoms with E-state index in [0.717, 1.165) is 25.9 Å². The summed E-state index contributed by atoms with van der Waals surface area (Å²) in [5.41, 5.74) is 2.20.